The molecule has 0 atom stereocenters. The number of rotatable bonds is 2. The predicted molar refractivity (Wildman–Crippen MR) is 64.9 cm³/mol. The van der Waals surface area contributed by atoms with Crippen molar-refractivity contribution in [3.05, 3.63) is 23.8 Å². The Morgan fingerprint density at radius 1 is 1.36 bits per heavy atom. The fraction of sp³-hybridized carbons (Fsp3) is 0.273. The van der Waals surface area contributed by atoms with Gasteiger partial charge in [-0.3, -0.25) is 0 Å². The van der Waals surface area contributed by atoms with E-state index in [1.807, 2.05) is 0 Å². The Kier molecular flexibility index (Phi) is 2.70. The third-order valence-corrected chi connectivity index (χ3v) is 4.23. The molecule has 1 aromatic carbocycles. The summed E-state index contributed by atoms with van der Waals surface area (Å²) in [6.45, 7) is 2.11. The lowest BCUT2D eigenvalue weighted by Crippen LogP contribution is -1.79. The van der Waals surface area contributed by atoms with E-state index >= 15 is 0 Å². The van der Waals surface area contributed by atoms with Crippen LogP contribution in [0.25, 0.3) is 10.1 Å². The number of hydrogen-bond acceptors (Lipinski definition) is 3. The Balaban J connectivity index is 2.66. The van der Waals surface area contributed by atoms with E-state index in [1.54, 1.807) is 30.2 Å². The topological polar surface area (TPSA) is 9.23 Å². The Labute approximate surface area is 92.1 Å². The van der Waals surface area contributed by atoms with Crippen LogP contribution < -0.4 is 4.74 Å². The molecular formula is C11H12OS2. The van der Waals surface area contributed by atoms with Crippen molar-refractivity contribution in [1.29, 1.82) is 0 Å². The smallest absolute Gasteiger partial charge is 0.177 e. The lowest BCUT2D eigenvalue weighted by Gasteiger charge is -1.96. The van der Waals surface area contributed by atoms with Gasteiger partial charge in [-0.15, -0.1) is 11.8 Å². The molecule has 0 bridgehead atoms. The number of methoxy groups -OCH3 is 1. The zero-order valence-electron chi connectivity index (χ0n) is 8.46. The number of thiophene rings is 1. The Morgan fingerprint density at radius 2 is 2.14 bits per heavy atom. The average Bonchev–Trinajstić information content (AvgIpc) is 2.55. The summed E-state index contributed by atoms with van der Waals surface area (Å²) >= 11 is 3.49. The molecular weight excluding hydrogens is 212 g/mol. The molecule has 0 fully saturated rings. The van der Waals surface area contributed by atoms with Crippen LogP contribution in [0.4, 0.5) is 0 Å². The molecule has 2 rings (SSSR count). The van der Waals surface area contributed by atoms with Gasteiger partial charge < -0.3 is 4.74 Å². The highest BCUT2D eigenvalue weighted by atomic mass is 32.2. The molecule has 0 aliphatic heterocycles. The van der Waals surface area contributed by atoms with E-state index in [2.05, 4.69) is 31.4 Å². The first-order chi connectivity index (χ1) is 6.76. The normalized spacial score (nSPS) is 10.8. The van der Waals surface area contributed by atoms with Crippen molar-refractivity contribution >= 4 is 33.2 Å². The van der Waals surface area contributed by atoms with Crippen LogP contribution in [0, 0.1) is 6.92 Å². The minimum Gasteiger partial charge on any atom is -0.487 e. The van der Waals surface area contributed by atoms with Gasteiger partial charge in [0.25, 0.3) is 0 Å². The number of benzene rings is 1. The maximum absolute atomic E-state index is 5.32. The fourth-order valence-electron chi connectivity index (χ4n) is 1.51. The molecule has 2 aromatic rings. The molecule has 74 valence electrons. The molecule has 0 N–H and O–H groups in total. The van der Waals surface area contributed by atoms with Crippen LogP contribution in [0.15, 0.2) is 23.1 Å². The lowest BCUT2D eigenvalue weighted by molar-refractivity contribution is 0.425. The summed E-state index contributed by atoms with van der Waals surface area (Å²) in [5.74, 6) is 0. The SMILES string of the molecule is COc1sc2cc(SC)ccc2c1C. The zero-order chi connectivity index (χ0) is 10.1. The molecule has 0 amide bonds. The Bertz CT molecular complexity index is 460. The second-order valence-electron chi connectivity index (χ2n) is 3.08. The van der Waals surface area contributed by atoms with Crippen LogP contribution in [0.5, 0.6) is 5.06 Å². The number of aryl methyl sites for hydroxylation is 1. The van der Waals surface area contributed by atoms with Crippen molar-refractivity contribution in [2.45, 2.75) is 11.8 Å². The van der Waals surface area contributed by atoms with Gasteiger partial charge in [-0.2, -0.15) is 0 Å². The molecule has 0 saturated heterocycles. The first kappa shape index (κ1) is 9.87. The fourth-order valence-corrected chi connectivity index (χ4v) is 3.08. The van der Waals surface area contributed by atoms with Gasteiger partial charge in [-0.1, -0.05) is 17.4 Å². The minimum atomic E-state index is 1.03. The van der Waals surface area contributed by atoms with Gasteiger partial charge >= 0.3 is 0 Å². The summed E-state index contributed by atoms with van der Waals surface area (Å²) in [6, 6.07) is 6.56. The second kappa shape index (κ2) is 3.83. The van der Waals surface area contributed by atoms with E-state index in [4.69, 9.17) is 4.74 Å². The second-order valence-corrected chi connectivity index (χ2v) is 4.98. The molecule has 0 saturated carbocycles. The first-order valence-corrected chi connectivity index (χ1v) is 6.41. The van der Waals surface area contributed by atoms with Crippen molar-refractivity contribution in [2.24, 2.45) is 0 Å². The van der Waals surface area contributed by atoms with Crippen molar-refractivity contribution in [3.63, 3.8) is 0 Å². The molecule has 0 spiro atoms. The number of ether oxygens (including phenoxy) is 1. The van der Waals surface area contributed by atoms with Crippen molar-refractivity contribution in [2.75, 3.05) is 13.4 Å². The largest absolute Gasteiger partial charge is 0.487 e. The summed E-state index contributed by atoms with van der Waals surface area (Å²) < 4.78 is 6.63. The maximum atomic E-state index is 5.32. The summed E-state index contributed by atoms with van der Waals surface area (Å²) in [5.41, 5.74) is 1.25. The van der Waals surface area contributed by atoms with Gasteiger partial charge in [-0.05, 0) is 30.7 Å². The molecule has 0 aliphatic rings. The number of hydrogen-bond donors (Lipinski definition) is 0. The maximum Gasteiger partial charge on any atom is 0.177 e. The van der Waals surface area contributed by atoms with E-state index in [1.165, 1.54) is 20.5 Å². The average molecular weight is 224 g/mol. The van der Waals surface area contributed by atoms with E-state index in [0.717, 1.165) is 5.06 Å². The van der Waals surface area contributed by atoms with Crippen LogP contribution in [0.1, 0.15) is 5.56 Å². The molecule has 0 unspecified atom stereocenters. The van der Waals surface area contributed by atoms with E-state index < -0.39 is 0 Å². The monoisotopic (exact) mass is 224 g/mol. The number of thioether (sulfide) groups is 1. The van der Waals surface area contributed by atoms with Crippen molar-refractivity contribution in [3.8, 4) is 5.06 Å². The van der Waals surface area contributed by atoms with Gasteiger partial charge in [0, 0.05) is 15.2 Å². The third kappa shape index (κ3) is 1.51. The van der Waals surface area contributed by atoms with E-state index in [9.17, 15) is 0 Å². The molecule has 0 aliphatic carbocycles. The standard InChI is InChI=1S/C11H12OS2/c1-7-9-5-4-8(13-3)6-10(9)14-11(7)12-2/h4-6H,1-3H3. The molecule has 1 heterocycles. The third-order valence-electron chi connectivity index (χ3n) is 2.29. The van der Waals surface area contributed by atoms with Crippen molar-refractivity contribution < 1.29 is 4.74 Å². The quantitative estimate of drug-likeness (QED) is 0.715. The highest BCUT2D eigenvalue weighted by molar-refractivity contribution is 7.98. The van der Waals surface area contributed by atoms with Crippen LogP contribution in [0.3, 0.4) is 0 Å². The van der Waals surface area contributed by atoms with Crippen LogP contribution >= 0.6 is 23.1 Å². The van der Waals surface area contributed by atoms with Crippen LogP contribution in [-0.4, -0.2) is 13.4 Å². The van der Waals surface area contributed by atoms with Crippen LogP contribution in [0.2, 0.25) is 0 Å². The minimum absolute atomic E-state index is 1.03. The van der Waals surface area contributed by atoms with Gasteiger partial charge in [-0.25, -0.2) is 0 Å². The summed E-state index contributed by atoms with van der Waals surface area (Å²) in [4.78, 5) is 1.31. The summed E-state index contributed by atoms with van der Waals surface area (Å²) in [6.07, 6.45) is 2.10. The summed E-state index contributed by atoms with van der Waals surface area (Å²) in [7, 11) is 1.73. The molecule has 3 heteroatoms. The number of fused-ring (bicyclic) bond motifs is 1. The molecule has 14 heavy (non-hydrogen) atoms. The molecule has 1 aromatic heterocycles. The first-order valence-electron chi connectivity index (χ1n) is 4.37. The van der Waals surface area contributed by atoms with E-state index in [0.29, 0.717) is 0 Å². The highest BCUT2D eigenvalue weighted by Gasteiger charge is 2.08. The lowest BCUT2D eigenvalue weighted by atomic mass is 10.2. The zero-order valence-corrected chi connectivity index (χ0v) is 10.1. The summed E-state index contributed by atoms with van der Waals surface area (Å²) in [5, 5.41) is 2.34. The molecule has 0 radical (unpaired) electrons. The van der Waals surface area contributed by atoms with Gasteiger partial charge in [0.1, 0.15) is 0 Å². The van der Waals surface area contributed by atoms with E-state index in [-0.39, 0.29) is 0 Å². The van der Waals surface area contributed by atoms with Gasteiger partial charge in [0.05, 0.1) is 7.11 Å². The van der Waals surface area contributed by atoms with Crippen LogP contribution in [-0.2, 0) is 0 Å². The van der Waals surface area contributed by atoms with Gasteiger partial charge in [0.2, 0.25) is 0 Å². The predicted octanol–water partition coefficient (Wildman–Crippen LogP) is 3.94. The highest BCUT2D eigenvalue weighted by Crippen LogP contribution is 2.38. The Hall–Kier alpha value is -0.670. The van der Waals surface area contributed by atoms with Gasteiger partial charge in [0.15, 0.2) is 5.06 Å². The molecule has 1 nitrogen and oxygen atoms in total. The Morgan fingerprint density at radius 3 is 2.79 bits per heavy atom. The van der Waals surface area contributed by atoms with Crippen molar-refractivity contribution in [1.82, 2.24) is 0 Å².